The lowest BCUT2D eigenvalue weighted by molar-refractivity contribution is 0.0850. The van der Waals surface area contributed by atoms with Gasteiger partial charge in [0, 0.05) is 6.42 Å². The fraction of sp³-hybridized carbons (Fsp3) is 1.00. The third-order valence-corrected chi connectivity index (χ3v) is 2.10. The van der Waals surface area contributed by atoms with Crippen molar-refractivity contribution in [3.63, 3.8) is 0 Å². The van der Waals surface area contributed by atoms with Crippen molar-refractivity contribution in [2.75, 3.05) is 0 Å². The molecule has 1 aliphatic rings. The van der Waals surface area contributed by atoms with E-state index >= 15 is 0 Å². The molecule has 2 heteroatoms. The maximum absolute atomic E-state index is 4.66. The van der Waals surface area contributed by atoms with Crippen molar-refractivity contribution in [2.45, 2.75) is 59.2 Å². The minimum Gasteiger partial charge on any atom is -0.199 e. The number of hydrogen-bond donors (Lipinski definition) is 0. The Hall–Kier alpha value is -0.0800. The van der Waals surface area contributed by atoms with Gasteiger partial charge in [-0.05, 0) is 18.3 Å². The van der Waals surface area contributed by atoms with Crippen molar-refractivity contribution < 1.29 is 9.78 Å². The quantitative estimate of drug-likeness (QED) is 0.361. The predicted octanol–water partition coefficient (Wildman–Crippen LogP) is 3.27. The SMILES string of the molecule is CC(C)(C)CCCCCC1OO1. The molecule has 0 aromatic heterocycles. The molecule has 2 nitrogen and oxygen atoms in total. The van der Waals surface area contributed by atoms with E-state index in [2.05, 4.69) is 30.5 Å². The van der Waals surface area contributed by atoms with Crippen LogP contribution in [0.15, 0.2) is 0 Å². The summed E-state index contributed by atoms with van der Waals surface area (Å²) in [4.78, 5) is 9.31. The molecule has 1 saturated heterocycles. The molecular formula is C10H20O2. The highest BCUT2D eigenvalue weighted by molar-refractivity contribution is 4.61. The van der Waals surface area contributed by atoms with E-state index in [0.717, 1.165) is 6.42 Å². The Morgan fingerprint density at radius 2 is 1.67 bits per heavy atom. The first-order chi connectivity index (χ1) is 5.58. The van der Waals surface area contributed by atoms with E-state index in [1.54, 1.807) is 0 Å². The lowest BCUT2D eigenvalue weighted by Crippen LogP contribution is -2.03. The van der Waals surface area contributed by atoms with Crippen LogP contribution in [-0.4, -0.2) is 6.29 Å². The third-order valence-electron chi connectivity index (χ3n) is 2.10. The lowest BCUT2D eigenvalue weighted by atomic mass is 9.89. The van der Waals surface area contributed by atoms with E-state index in [-0.39, 0.29) is 6.29 Å². The summed E-state index contributed by atoms with van der Waals surface area (Å²) in [6.45, 7) is 6.88. The molecule has 1 aliphatic heterocycles. The topological polar surface area (TPSA) is 25.1 Å². The minimum absolute atomic E-state index is 0.139. The van der Waals surface area contributed by atoms with E-state index in [4.69, 9.17) is 0 Å². The van der Waals surface area contributed by atoms with Gasteiger partial charge in [0.1, 0.15) is 0 Å². The molecule has 12 heavy (non-hydrogen) atoms. The van der Waals surface area contributed by atoms with Gasteiger partial charge in [-0.15, -0.1) is 0 Å². The van der Waals surface area contributed by atoms with Crippen LogP contribution in [0.1, 0.15) is 52.9 Å². The predicted molar refractivity (Wildman–Crippen MR) is 48.5 cm³/mol. The summed E-state index contributed by atoms with van der Waals surface area (Å²) in [7, 11) is 0. The molecule has 72 valence electrons. The van der Waals surface area contributed by atoms with Crippen LogP contribution in [-0.2, 0) is 9.78 Å². The first-order valence-corrected chi connectivity index (χ1v) is 4.90. The Balaban J connectivity index is 1.82. The normalized spacial score (nSPS) is 18.2. The van der Waals surface area contributed by atoms with Gasteiger partial charge in [0.05, 0.1) is 0 Å². The van der Waals surface area contributed by atoms with Crippen molar-refractivity contribution in [1.29, 1.82) is 0 Å². The van der Waals surface area contributed by atoms with Gasteiger partial charge < -0.3 is 0 Å². The van der Waals surface area contributed by atoms with Crippen molar-refractivity contribution in [3.05, 3.63) is 0 Å². The monoisotopic (exact) mass is 172 g/mol. The summed E-state index contributed by atoms with van der Waals surface area (Å²) in [6.07, 6.45) is 6.40. The highest BCUT2D eigenvalue weighted by Gasteiger charge is 2.24. The Morgan fingerprint density at radius 1 is 1.00 bits per heavy atom. The third kappa shape index (κ3) is 5.56. The van der Waals surface area contributed by atoms with Gasteiger partial charge in [-0.2, -0.15) is 9.78 Å². The molecule has 0 bridgehead atoms. The summed E-state index contributed by atoms with van der Waals surface area (Å²) in [5.41, 5.74) is 0.493. The number of hydrogen-bond acceptors (Lipinski definition) is 2. The van der Waals surface area contributed by atoms with E-state index in [9.17, 15) is 0 Å². The molecule has 0 aromatic carbocycles. The van der Waals surface area contributed by atoms with Crippen LogP contribution in [0.5, 0.6) is 0 Å². The summed E-state index contributed by atoms with van der Waals surface area (Å²) in [5, 5.41) is 0. The molecular weight excluding hydrogens is 152 g/mol. The van der Waals surface area contributed by atoms with Gasteiger partial charge in [-0.3, -0.25) is 0 Å². The molecule has 0 saturated carbocycles. The molecule has 0 N–H and O–H groups in total. The largest absolute Gasteiger partial charge is 0.224 e. The van der Waals surface area contributed by atoms with Gasteiger partial charge in [-0.1, -0.05) is 33.6 Å². The average Bonchev–Trinajstić information content (AvgIpc) is 2.68. The molecule has 1 fully saturated rings. The maximum atomic E-state index is 4.66. The fourth-order valence-electron chi connectivity index (χ4n) is 1.28. The highest BCUT2D eigenvalue weighted by Crippen LogP contribution is 2.24. The smallest absolute Gasteiger partial charge is 0.199 e. The molecule has 0 aliphatic carbocycles. The van der Waals surface area contributed by atoms with Crippen LogP contribution in [0.2, 0.25) is 0 Å². The summed E-state index contributed by atoms with van der Waals surface area (Å²) < 4.78 is 0. The Kier molecular flexibility index (Phi) is 3.53. The van der Waals surface area contributed by atoms with Gasteiger partial charge in [0.15, 0.2) is 0 Å². The highest BCUT2D eigenvalue weighted by atomic mass is 17.4. The molecule has 1 rings (SSSR count). The van der Waals surface area contributed by atoms with E-state index in [1.807, 2.05) is 0 Å². The van der Waals surface area contributed by atoms with Gasteiger partial charge >= 0.3 is 0 Å². The molecule has 0 unspecified atom stereocenters. The summed E-state index contributed by atoms with van der Waals surface area (Å²) in [6, 6.07) is 0. The van der Waals surface area contributed by atoms with Gasteiger partial charge in [0.2, 0.25) is 6.29 Å². The van der Waals surface area contributed by atoms with Crippen LogP contribution >= 0.6 is 0 Å². The molecule has 0 amide bonds. The van der Waals surface area contributed by atoms with E-state index in [1.165, 1.54) is 25.7 Å². The lowest BCUT2D eigenvalue weighted by Gasteiger charge is -2.17. The summed E-state index contributed by atoms with van der Waals surface area (Å²) >= 11 is 0. The zero-order chi connectivity index (χ0) is 9.03. The van der Waals surface area contributed by atoms with E-state index < -0.39 is 0 Å². The zero-order valence-electron chi connectivity index (χ0n) is 8.43. The van der Waals surface area contributed by atoms with E-state index in [0.29, 0.717) is 5.41 Å². The maximum Gasteiger partial charge on any atom is 0.224 e. The summed E-state index contributed by atoms with van der Waals surface area (Å²) in [5.74, 6) is 0. The Labute approximate surface area is 75.2 Å². The van der Waals surface area contributed by atoms with Crippen molar-refractivity contribution in [3.8, 4) is 0 Å². The van der Waals surface area contributed by atoms with Gasteiger partial charge in [-0.25, -0.2) is 0 Å². The second-order valence-electron chi connectivity index (χ2n) is 4.78. The molecule has 0 spiro atoms. The van der Waals surface area contributed by atoms with Crippen LogP contribution < -0.4 is 0 Å². The first-order valence-electron chi connectivity index (χ1n) is 4.90. The average molecular weight is 172 g/mol. The number of unbranched alkanes of at least 4 members (excludes halogenated alkanes) is 2. The van der Waals surface area contributed by atoms with Crippen LogP contribution in [0.4, 0.5) is 0 Å². The molecule has 0 radical (unpaired) electrons. The standard InChI is InChI=1S/C10H20O2/c1-10(2,3)8-6-4-5-7-9-11-12-9/h9H,4-8H2,1-3H3. The number of rotatable bonds is 5. The van der Waals surface area contributed by atoms with Crippen molar-refractivity contribution in [1.82, 2.24) is 0 Å². The Morgan fingerprint density at radius 3 is 2.17 bits per heavy atom. The molecule has 0 atom stereocenters. The second-order valence-corrected chi connectivity index (χ2v) is 4.78. The first kappa shape index (κ1) is 10.0. The van der Waals surface area contributed by atoms with Gasteiger partial charge in [0.25, 0.3) is 0 Å². The van der Waals surface area contributed by atoms with Crippen LogP contribution in [0.3, 0.4) is 0 Å². The minimum atomic E-state index is 0.139. The zero-order valence-corrected chi connectivity index (χ0v) is 8.43. The van der Waals surface area contributed by atoms with Crippen molar-refractivity contribution in [2.24, 2.45) is 5.41 Å². The fourth-order valence-corrected chi connectivity index (χ4v) is 1.28. The van der Waals surface area contributed by atoms with Crippen LogP contribution in [0, 0.1) is 5.41 Å². The van der Waals surface area contributed by atoms with Crippen LogP contribution in [0.25, 0.3) is 0 Å². The Bertz CT molecular complexity index is 122. The van der Waals surface area contributed by atoms with Crippen molar-refractivity contribution >= 4 is 0 Å². The second kappa shape index (κ2) is 4.24. The molecule has 0 aromatic rings. The molecule has 1 heterocycles.